The van der Waals surface area contributed by atoms with E-state index in [1.807, 2.05) is 0 Å². The number of likely N-dealkylation sites (tertiary alicyclic amines) is 1. The van der Waals surface area contributed by atoms with Gasteiger partial charge in [-0.3, -0.25) is 9.69 Å². The van der Waals surface area contributed by atoms with Gasteiger partial charge in [-0.15, -0.1) is 0 Å². The van der Waals surface area contributed by atoms with Crippen molar-refractivity contribution in [3.63, 3.8) is 0 Å². The lowest BCUT2D eigenvalue weighted by atomic mass is 10.0. The lowest BCUT2D eigenvalue weighted by Crippen LogP contribution is -2.64. The molecule has 1 aromatic rings. The molecule has 0 aromatic heterocycles. The minimum absolute atomic E-state index is 0.0415. The van der Waals surface area contributed by atoms with Gasteiger partial charge in [0.2, 0.25) is 5.91 Å². The minimum atomic E-state index is -0.407. The van der Waals surface area contributed by atoms with Crippen molar-refractivity contribution in [3.05, 3.63) is 34.6 Å². The van der Waals surface area contributed by atoms with Gasteiger partial charge < -0.3 is 10.2 Å². The molecule has 2 fully saturated rings. The van der Waals surface area contributed by atoms with Crippen LogP contribution in [-0.2, 0) is 11.2 Å². The van der Waals surface area contributed by atoms with Gasteiger partial charge in [0.15, 0.2) is 0 Å². The largest absolute Gasteiger partial charge is 0.339 e. The number of hydrogen-bond donors (Lipinski definition) is 1. The van der Waals surface area contributed by atoms with Gasteiger partial charge >= 0.3 is 0 Å². The smallest absolute Gasteiger partial charge is 0.227 e. The molecule has 2 aliphatic heterocycles. The molecule has 1 aromatic carbocycles. The molecule has 1 amide bonds. The molecule has 0 aliphatic carbocycles. The molecule has 0 unspecified atom stereocenters. The van der Waals surface area contributed by atoms with E-state index in [9.17, 15) is 9.18 Å². The van der Waals surface area contributed by atoms with E-state index in [4.69, 9.17) is 11.6 Å². The molecule has 2 saturated heterocycles. The van der Waals surface area contributed by atoms with Crippen LogP contribution < -0.4 is 5.32 Å². The highest BCUT2D eigenvalue weighted by Gasteiger charge is 2.35. The Hall–Kier alpha value is -1.17. The number of piperazine rings is 1. The lowest BCUT2D eigenvalue weighted by molar-refractivity contribution is -0.138. The Morgan fingerprint density at radius 1 is 1.33 bits per heavy atom. The van der Waals surface area contributed by atoms with Crippen LogP contribution in [0.3, 0.4) is 0 Å². The second-order valence-electron chi connectivity index (χ2n) is 5.62. The van der Waals surface area contributed by atoms with E-state index in [0.29, 0.717) is 16.6 Å². The Kier molecular flexibility index (Phi) is 4.42. The minimum Gasteiger partial charge on any atom is -0.339 e. The van der Waals surface area contributed by atoms with Gasteiger partial charge in [-0.2, -0.15) is 0 Å². The number of rotatable bonds is 3. The Labute approximate surface area is 128 Å². The second-order valence-corrected chi connectivity index (χ2v) is 6.02. The zero-order valence-electron chi connectivity index (χ0n) is 11.8. The standard InChI is InChI=1S/C15H19ClFN3O/c16-13-2-1-3-14(17)12(13)8-15(21)20-9-11(10-20)19-6-4-18-5-7-19/h1-3,11,18H,4-10H2. The average Bonchev–Trinajstić information content (AvgIpc) is 2.43. The van der Waals surface area contributed by atoms with Crippen LogP contribution in [-0.4, -0.2) is 61.0 Å². The Bertz CT molecular complexity index is 507. The SMILES string of the molecule is O=C(Cc1c(F)cccc1Cl)N1CC(N2CCNCC2)C1. The van der Waals surface area contributed by atoms with E-state index < -0.39 is 5.82 Å². The number of nitrogens with zero attached hydrogens (tertiary/aromatic N) is 2. The van der Waals surface area contributed by atoms with Crippen LogP contribution in [0.5, 0.6) is 0 Å². The van der Waals surface area contributed by atoms with E-state index in [0.717, 1.165) is 39.3 Å². The molecule has 21 heavy (non-hydrogen) atoms. The third-order valence-corrected chi connectivity index (χ3v) is 4.63. The maximum Gasteiger partial charge on any atom is 0.227 e. The summed E-state index contributed by atoms with van der Waals surface area (Å²) in [5, 5.41) is 3.64. The van der Waals surface area contributed by atoms with Crippen LogP contribution in [0.4, 0.5) is 4.39 Å². The molecule has 1 N–H and O–H groups in total. The molecule has 6 heteroatoms. The van der Waals surface area contributed by atoms with Crippen molar-refractivity contribution in [2.45, 2.75) is 12.5 Å². The maximum atomic E-state index is 13.7. The van der Waals surface area contributed by atoms with Crippen molar-refractivity contribution in [2.75, 3.05) is 39.3 Å². The van der Waals surface area contributed by atoms with E-state index >= 15 is 0 Å². The molecule has 2 aliphatic rings. The molecule has 0 spiro atoms. The molecular weight excluding hydrogens is 293 g/mol. The number of benzene rings is 1. The van der Waals surface area contributed by atoms with E-state index in [-0.39, 0.29) is 12.3 Å². The van der Waals surface area contributed by atoms with Crippen LogP contribution in [0, 0.1) is 5.82 Å². The summed E-state index contributed by atoms with van der Waals surface area (Å²) in [6.45, 7) is 5.57. The summed E-state index contributed by atoms with van der Waals surface area (Å²) in [6, 6.07) is 4.96. The number of hydrogen-bond acceptors (Lipinski definition) is 3. The first-order valence-electron chi connectivity index (χ1n) is 7.30. The Balaban J connectivity index is 1.54. The predicted octanol–water partition coefficient (Wildman–Crippen LogP) is 1.14. The topological polar surface area (TPSA) is 35.6 Å². The number of carbonyl (C=O) groups excluding carboxylic acids is 1. The first-order chi connectivity index (χ1) is 10.1. The Morgan fingerprint density at radius 2 is 2.05 bits per heavy atom. The van der Waals surface area contributed by atoms with Crippen LogP contribution in [0.1, 0.15) is 5.56 Å². The predicted molar refractivity (Wildman–Crippen MR) is 79.9 cm³/mol. The normalized spacial score (nSPS) is 20.4. The summed E-state index contributed by atoms with van der Waals surface area (Å²) in [5.41, 5.74) is 0.301. The van der Waals surface area contributed by atoms with Crippen LogP contribution >= 0.6 is 11.6 Å². The molecule has 0 radical (unpaired) electrons. The first kappa shape index (κ1) is 14.8. The van der Waals surface area contributed by atoms with Crippen molar-refractivity contribution in [1.82, 2.24) is 15.1 Å². The summed E-state index contributed by atoms with van der Waals surface area (Å²) in [4.78, 5) is 16.4. The van der Waals surface area contributed by atoms with Gasteiger partial charge in [-0.25, -0.2) is 4.39 Å². The van der Waals surface area contributed by atoms with Gasteiger partial charge in [0.05, 0.1) is 6.42 Å². The van der Waals surface area contributed by atoms with Crippen LogP contribution in [0.25, 0.3) is 0 Å². The second kappa shape index (κ2) is 6.30. The van der Waals surface area contributed by atoms with Crippen molar-refractivity contribution in [2.24, 2.45) is 0 Å². The van der Waals surface area contributed by atoms with Crippen LogP contribution in [0.2, 0.25) is 5.02 Å². The molecule has 0 bridgehead atoms. The lowest BCUT2D eigenvalue weighted by Gasteiger charge is -2.46. The van der Waals surface area contributed by atoms with Crippen molar-refractivity contribution in [3.8, 4) is 0 Å². The Morgan fingerprint density at radius 3 is 2.71 bits per heavy atom. The van der Waals surface area contributed by atoms with Gasteiger partial charge in [-0.1, -0.05) is 17.7 Å². The number of halogens is 2. The number of nitrogens with one attached hydrogen (secondary N) is 1. The van der Waals surface area contributed by atoms with Crippen molar-refractivity contribution >= 4 is 17.5 Å². The molecule has 0 atom stereocenters. The fraction of sp³-hybridized carbons (Fsp3) is 0.533. The number of amides is 1. The summed E-state index contributed by atoms with van der Waals surface area (Å²) in [7, 11) is 0. The highest BCUT2D eigenvalue weighted by atomic mass is 35.5. The molecular formula is C15H19ClFN3O. The van der Waals surface area contributed by atoms with Gasteiger partial charge in [0.1, 0.15) is 5.82 Å². The fourth-order valence-corrected chi connectivity index (χ4v) is 3.13. The summed E-state index contributed by atoms with van der Waals surface area (Å²) in [6.07, 6.45) is 0.0415. The monoisotopic (exact) mass is 311 g/mol. The molecule has 0 saturated carbocycles. The average molecular weight is 312 g/mol. The van der Waals surface area contributed by atoms with E-state index in [2.05, 4.69) is 10.2 Å². The zero-order chi connectivity index (χ0) is 14.8. The molecule has 4 nitrogen and oxygen atoms in total. The third kappa shape index (κ3) is 3.20. The summed E-state index contributed by atoms with van der Waals surface area (Å²) >= 11 is 5.96. The highest BCUT2D eigenvalue weighted by Crippen LogP contribution is 2.22. The van der Waals surface area contributed by atoms with Gasteiger partial charge in [0, 0.05) is 55.9 Å². The fourth-order valence-electron chi connectivity index (χ4n) is 2.90. The molecule has 114 valence electrons. The first-order valence-corrected chi connectivity index (χ1v) is 7.68. The van der Waals surface area contributed by atoms with Crippen molar-refractivity contribution < 1.29 is 9.18 Å². The third-order valence-electron chi connectivity index (χ3n) is 4.27. The van der Waals surface area contributed by atoms with Gasteiger partial charge in [-0.05, 0) is 12.1 Å². The summed E-state index contributed by atoms with van der Waals surface area (Å²) in [5.74, 6) is -0.455. The number of carbonyl (C=O) groups is 1. The maximum absolute atomic E-state index is 13.7. The molecule has 3 rings (SSSR count). The van der Waals surface area contributed by atoms with E-state index in [1.165, 1.54) is 6.07 Å². The molecule has 2 heterocycles. The zero-order valence-corrected chi connectivity index (χ0v) is 12.6. The van der Waals surface area contributed by atoms with Crippen LogP contribution in [0.15, 0.2) is 18.2 Å². The van der Waals surface area contributed by atoms with Gasteiger partial charge in [0.25, 0.3) is 0 Å². The highest BCUT2D eigenvalue weighted by molar-refractivity contribution is 6.31. The van der Waals surface area contributed by atoms with Crippen molar-refractivity contribution in [1.29, 1.82) is 0 Å². The quantitative estimate of drug-likeness (QED) is 0.909. The summed E-state index contributed by atoms with van der Waals surface area (Å²) < 4.78 is 13.7. The van der Waals surface area contributed by atoms with E-state index in [1.54, 1.807) is 17.0 Å².